The van der Waals surface area contributed by atoms with Crippen molar-refractivity contribution in [3.05, 3.63) is 88.0 Å². The summed E-state index contributed by atoms with van der Waals surface area (Å²) >= 11 is 0. The molecule has 1 aliphatic heterocycles. The zero-order valence-electron chi connectivity index (χ0n) is 28.6. The number of allylic oxidation sites excluding steroid dienone is 1. The number of benzene rings is 2. The number of methoxy groups -OCH3 is 1. The average molecular weight is 694 g/mol. The van der Waals surface area contributed by atoms with Crippen molar-refractivity contribution in [1.29, 1.82) is 0 Å². The molecule has 2 aromatic rings. The number of nitro benzene ring substituents is 1. The van der Waals surface area contributed by atoms with E-state index in [4.69, 9.17) is 19.0 Å². The van der Waals surface area contributed by atoms with Crippen LogP contribution in [0.2, 0.25) is 0 Å². The van der Waals surface area contributed by atoms with Crippen LogP contribution < -0.4 is 4.74 Å². The highest BCUT2D eigenvalue weighted by molar-refractivity contribution is 6.02. The van der Waals surface area contributed by atoms with Crippen LogP contribution in [0.3, 0.4) is 0 Å². The van der Waals surface area contributed by atoms with Gasteiger partial charge in [-0.05, 0) is 79.0 Å². The Kier molecular flexibility index (Phi) is 12.1. The number of nitrogens with zero attached hydrogens (tertiary/aromatic N) is 3. The summed E-state index contributed by atoms with van der Waals surface area (Å²) in [6.45, 7) is 4.21. The largest absolute Gasteiger partial charge is 0.508 e. The predicted molar refractivity (Wildman–Crippen MR) is 185 cm³/mol. The van der Waals surface area contributed by atoms with Gasteiger partial charge >= 0.3 is 6.09 Å². The molecule has 6 atom stereocenters. The first kappa shape index (κ1) is 36.8. The van der Waals surface area contributed by atoms with Crippen LogP contribution in [0.25, 0.3) is 0 Å². The zero-order chi connectivity index (χ0) is 35.8. The first-order valence-electron chi connectivity index (χ1n) is 17.1. The number of fused-ring (bicyclic) bond motifs is 2. The highest BCUT2D eigenvalue weighted by Gasteiger charge is 2.65. The van der Waals surface area contributed by atoms with E-state index in [9.17, 15) is 30.2 Å². The standard InChI is InChI=1S/C37H47N3O10/c1-4-19-48-37-33(39(2)36(44)47-3)22-31(38-49-23-24-11-13-26(14-12-24)40(45)46)29-20-25(9-5-7-17-41)28(10-6-8-18-42)34(35(29)37)30-21-27(43)15-16-32(30)50-37/h4,11-16,20-21,25,28,33-35,41-43H,1,5-10,17-19,22-23H2,2-3H3/t25-,28+,33-,34+,35+,37+/m0/s1. The summed E-state index contributed by atoms with van der Waals surface area (Å²) in [5.41, 5.74) is 2.91. The topological polar surface area (TPSA) is 173 Å². The van der Waals surface area contributed by atoms with Gasteiger partial charge in [0, 0.05) is 50.3 Å². The fourth-order valence-electron chi connectivity index (χ4n) is 7.91. The molecule has 0 radical (unpaired) electrons. The molecular formula is C37H47N3O10. The Morgan fingerprint density at radius 3 is 2.52 bits per heavy atom. The molecule has 1 fully saturated rings. The molecule has 0 aromatic heterocycles. The molecule has 13 heteroatoms. The number of oxime groups is 1. The number of hydrogen-bond donors (Lipinski definition) is 3. The van der Waals surface area contributed by atoms with Gasteiger partial charge in [-0.2, -0.15) is 0 Å². The van der Waals surface area contributed by atoms with E-state index < -0.39 is 28.8 Å². The molecule has 2 aromatic carbocycles. The van der Waals surface area contributed by atoms with E-state index in [1.54, 1.807) is 43.5 Å². The lowest BCUT2D eigenvalue weighted by molar-refractivity contribution is -0.384. The number of non-ortho nitro benzene ring substituents is 1. The second-order valence-electron chi connectivity index (χ2n) is 13.1. The lowest BCUT2D eigenvalue weighted by Gasteiger charge is -2.59. The van der Waals surface area contributed by atoms with Crippen molar-refractivity contribution < 1.29 is 44.1 Å². The Labute approximate surface area is 291 Å². The predicted octanol–water partition coefficient (Wildman–Crippen LogP) is 5.83. The SMILES string of the molecule is C=CCO[C@@]12Oc3ccc(O)cc3[C@H]3[C@H](CCCCO)[C@@H](CCCCO)C=C(C(=NOCc4ccc([N+](=O)[O-])cc4)C[C@@H]1N(C)C(=O)OC)[C@H]32. The van der Waals surface area contributed by atoms with E-state index in [1.165, 1.54) is 24.1 Å². The molecule has 0 spiro atoms. The van der Waals surface area contributed by atoms with Gasteiger partial charge in [0.2, 0.25) is 5.79 Å². The minimum atomic E-state index is -1.42. The normalized spacial score (nSPS) is 25.8. The Morgan fingerprint density at radius 1 is 1.14 bits per heavy atom. The van der Waals surface area contributed by atoms with Crippen molar-refractivity contribution in [2.24, 2.45) is 22.9 Å². The van der Waals surface area contributed by atoms with E-state index in [-0.39, 0.29) is 62.0 Å². The van der Waals surface area contributed by atoms with E-state index >= 15 is 0 Å². The molecule has 0 unspecified atom stereocenters. The van der Waals surface area contributed by atoms with Crippen LogP contribution in [0, 0.1) is 27.9 Å². The number of aliphatic hydroxyl groups excluding tert-OH is 2. The quantitative estimate of drug-likeness (QED) is 0.0840. The number of hydrogen-bond acceptors (Lipinski definition) is 11. The first-order valence-corrected chi connectivity index (χ1v) is 17.1. The van der Waals surface area contributed by atoms with Gasteiger partial charge in [-0.15, -0.1) is 6.58 Å². The third-order valence-corrected chi connectivity index (χ3v) is 10.1. The molecule has 1 amide bonds. The molecule has 2 aliphatic carbocycles. The molecule has 1 saturated carbocycles. The van der Waals surface area contributed by atoms with E-state index in [0.717, 1.165) is 36.8 Å². The second-order valence-corrected chi connectivity index (χ2v) is 13.1. The van der Waals surface area contributed by atoms with Crippen molar-refractivity contribution in [3.8, 4) is 11.5 Å². The molecule has 270 valence electrons. The number of phenolic OH excluding ortho intramolecular Hbond substituents is 1. The molecule has 3 N–H and O–H groups in total. The molecule has 1 heterocycles. The van der Waals surface area contributed by atoms with Crippen LogP contribution in [-0.4, -0.2) is 82.8 Å². The minimum Gasteiger partial charge on any atom is -0.508 e. The summed E-state index contributed by atoms with van der Waals surface area (Å²) in [6.07, 6.45) is 7.83. The Morgan fingerprint density at radius 2 is 1.86 bits per heavy atom. The molecule has 13 nitrogen and oxygen atoms in total. The maximum Gasteiger partial charge on any atom is 0.409 e. The van der Waals surface area contributed by atoms with Gasteiger partial charge in [-0.3, -0.25) is 10.1 Å². The number of aromatic hydroxyl groups is 1. The summed E-state index contributed by atoms with van der Waals surface area (Å²) in [5.74, 6) is -1.51. The summed E-state index contributed by atoms with van der Waals surface area (Å²) in [4.78, 5) is 31.3. The van der Waals surface area contributed by atoms with Crippen LogP contribution in [0.1, 0.15) is 62.0 Å². The maximum atomic E-state index is 13.2. The summed E-state index contributed by atoms with van der Waals surface area (Å²) in [6, 6.07) is 10.3. The summed E-state index contributed by atoms with van der Waals surface area (Å²) in [7, 11) is 2.94. The van der Waals surface area contributed by atoms with Crippen molar-refractivity contribution in [1.82, 2.24) is 4.90 Å². The third-order valence-electron chi connectivity index (χ3n) is 10.1. The van der Waals surface area contributed by atoms with Gasteiger partial charge < -0.3 is 39.3 Å². The number of amides is 1. The zero-order valence-corrected chi connectivity index (χ0v) is 28.6. The van der Waals surface area contributed by atoms with E-state index in [2.05, 4.69) is 17.8 Å². The molecule has 5 rings (SSSR count). The number of carbonyl (C=O) groups is 1. The molecule has 3 aliphatic rings. The number of rotatable bonds is 16. The summed E-state index contributed by atoms with van der Waals surface area (Å²) in [5, 5.41) is 45.9. The van der Waals surface area contributed by atoms with E-state index in [1.807, 2.05) is 0 Å². The number of carbonyl (C=O) groups excluding carboxylic acids is 1. The fourth-order valence-corrected chi connectivity index (χ4v) is 7.91. The van der Waals surface area contributed by atoms with Crippen LogP contribution >= 0.6 is 0 Å². The number of likely N-dealkylation sites (N-methyl/N-ethyl adjacent to an activating group) is 1. The lowest BCUT2D eigenvalue weighted by atomic mass is 9.55. The smallest absolute Gasteiger partial charge is 0.409 e. The molecule has 50 heavy (non-hydrogen) atoms. The monoisotopic (exact) mass is 693 g/mol. The average Bonchev–Trinajstić information content (AvgIpc) is 3.12. The number of aliphatic hydroxyl groups is 2. The van der Waals surface area contributed by atoms with Gasteiger partial charge in [0.25, 0.3) is 5.69 Å². The number of nitro groups is 1. The van der Waals surface area contributed by atoms with Crippen molar-refractivity contribution >= 4 is 17.5 Å². The third kappa shape index (κ3) is 7.49. The lowest BCUT2D eigenvalue weighted by Crippen LogP contribution is -2.69. The van der Waals surface area contributed by atoms with Crippen LogP contribution in [-0.2, 0) is 20.9 Å². The molecule has 0 saturated heterocycles. The van der Waals surface area contributed by atoms with E-state index in [0.29, 0.717) is 29.9 Å². The number of ether oxygens (including phenoxy) is 3. The van der Waals surface area contributed by atoms with Crippen molar-refractivity contribution in [2.75, 3.05) is 34.0 Å². The Hall–Kier alpha value is -4.46. The molecular weight excluding hydrogens is 646 g/mol. The first-order chi connectivity index (χ1) is 24.2. The van der Waals surface area contributed by atoms with Gasteiger partial charge in [0.1, 0.15) is 24.1 Å². The second kappa shape index (κ2) is 16.5. The highest BCUT2D eigenvalue weighted by atomic mass is 16.7. The maximum absolute atomic E-state index is 13.2. The van der Waals surface area contributed by atoms with Gasteiger partial charge in [0.15, 0.2) is 0 Å². The van der Waals surface area contributed by atoms with Crippen molar-refractivity contribution in [2.45, 2.75) is 69.3 Å². The molecule has 0 bridgehead atoms. The Balaban J connectivity index is 1.68. The Bertz CT molecular complexity index is 1580. The van der Waals surface area contributed by atoms with Gasteiger partial charge in [-0.1, -0.05) is 30.1 Å². The van der Waals surface area contributed by atoms with Crippen LogP contribution in [0.4, 0.5) is 10.5 Å². The number of unbranched alkanes of at least 4 members (excludes halogenated alkanes) is 2. The van der Waals surface area contributed by atoms with Gasteiger partial charge in [-0.25, -0.2) is 4.79 Å². The minimum absolute atomic E-state index is 0.0228. The summed E-state index contributed by atoms with van der Waals surface area (Å²) < 4.78 is 18.8. The fraction of sp³-hybridized carbons (Fsp3) is 0.514. The van der Waals surface area contributed by atoms with Crippen LogP contribution in [0.15, 0.2) is 71.9 Å². The van der Waals surface area contributed by atoms with Gasteiger partial charge in [0.05, 0.1) is 30.3 Å². The van der Waals surface area contributed by atoms with Crippen LogP contribution in [0.5, 0.6) is 11.5 Å². The van der Waals surface area contributed by atoms with Crippen molar-refractivity contribution in [3.63, 3.8) is 0 Å². The number of phenols is 1. The highest BCUT2D eigenvalue weighted by Crippen LogP contribution is 2.61.